The zero-order valence-corrected chi connectivity index (χ0v) is 16.2. The number of sulfonamides is 1. The summed E-state index contributed by atoms with van der Waals surface area (Å²) in [5, 5.41) is 12.1. The number of rotatable bonds is 9. The van der Waals surface area contributed by atoms with Crippen molar-refractivity contribution in [1.82, 2.24) is 9.62 Å². The average molecular weight is 398 g/mol. The summed E-state index contributed by atoms with van der Waals surface area (Å²) in [7, 11) is -2.27. The Bertz CT molecular complexity index is 757. The molecule has 0 saturated carbocycles. The Balaban J connectivity index is 1.93. The molecule has 0 unspecified atom stereocenters. The Morgan fingerprint density at radius 2 is 1.89 bits per heavy atom. The highest BCUT2D eigenvalue weighted by atomic mass is 32.2. The number of methoxy groups -OCH3 is 1. The molecule has 0 atom stereocenters. The largest absolute Gasteiger partial charge is 0.478 e. The predicted octanol–water partition coefficient (Wildman–Crippen LogP) is 1.33. The number of nitrogens with zero attached hydrogens (tertiary/aromatic N) is 1. The number of ether oxygens (including phenoxy) is 1. The number of benzene rings is 1. The molecule has 1 heterocycles. The summed E-state index contributed by atoms with van der Waals surface area (Å²) in [6.07, 6.45) is 2.53. The van der Waals surface area contributed by atoms with Crippen molar-refractivity contribution in [2.45, 2.75) is 30.6 Å². The molecule has 8 nitrogen and oxygen atoms in total. The van der Waals surface area contributed by atoms with Crippen LogP contribution >= 0.6 is 0 Å². The number of nitrogens with one attached hydrogen (secondary N) is 1. The van der Waals surface area contributed by atoms with Gasteiger partial charge in [-0.1, -0.05) is 12.1 Å². The van der Waals surface area contributed by atoms with E-state index in [1.807, 2.05) is 0 Å². The smallest absolute Gasteiger partial charge is 0.337 e. The van der Waals surface area contributed by atoms with Crippen LogP contribution < -0.4 is 5.32 Å². The molecule has 1 aliphatic heterocycles. The number of carbonyl (C=O) groups is 2. The van der Waals surface area contributed by atoms with Gasteiger partial charge in [-0.3, -0.25) is 4.79 Å². The van der Waals surface area contributed by atoms with Crippen molar-refractivity contribution in [3.63, 3.8) is 0 Å². The fourth-order valence-electron chi connectivity index (χ4n) is 3.09. The molecule has 1 amide bonds. The molecule has 2 rings (SSSR count). The summed E-state index contributed by atoms with van der Waals surface area (Å²) in [5.41, 5.74) is -0.242. The molecule has 1 aromatic carbocycles. The highest BCUT2D eigenvalue weighted by molar-refractivity contribution is 7.89. The van der Waals surface area contributed by atoms with E-state index in [0.717, 1.165) is 12.8 Å². The normalized spacial score (nSPS) is 16.2. The lowest BCUT2D eigenvalue weighted by atomic mass is 9.97. The van der Waals surface area contributed by atoms with Crippen LogP contribution in [-0.4, -0.2) is 63.1 Å². The highest BCUT2D eigenvalue weighted by Crippen LogP contribution is 2.26. The van der Waals surface area contributed by atoms with E-state index in [1.54, 1.807) is 7.11 Å². The van der Waals surface area contributed by atoms with Gasteiger partial charge in [0, 0.05) is 39.3 Å². The number of amides is 1. The van der Waals surface area contributed by atoms with Crippen molar-refractivity contribution in [2.75, 3.05) is 33.4 Å². The van der Waals surface area contributed by atoms with E-state index < -0.39 is 16.0 Å². The minimum absolute atomic E-state index is 0.0598. The van der Waals surface area contributed by atoms with Gasteiger partial charge in [-0.2, -0.15) is 4.31 Å². The van der Waals surface area contributed by atoms with Gasteiger partial charge in [-0.25, -0.2) is 13.2 Å². The van der Waals surface area contributed by atoms with Crippen molar-refractivity contribution >= 4 is 21.9 Å². The van der Waals surface area contributed by atoms with Gasteiger partial charge in [0.25, 0.3) is 0 Å². The van der Waals surface area contributed by atoms with Crippen LogP contribution in [0.4, 0.5) is 0 Å². The van der Waals surface area contributed by atoms with E-state index in [4.69, 9.17) is 4.74 Å². The van der Waals surface area contributed by atoms with E-state index in [0.29, 0.717) is 26.0 Å². The van der Waals surface area contributed by atoms with Gasteiger partial charge in [0.15, 0.2) is 0 Å². The lowest BCUT2D eigenvalue weighted by molar-refractivity contribution is -0.126. The van der Waals surface area contributed by atoms with Crippen LogP contribution in [0.5, 0.6) is 0 Å². The SMILES string of the molecule is COCCCCNC(=O)C1CCN(S(=O)(=O)c2ccccc2C(=O)O)CC1. The molecule has 1 saturated heterocycles. The Kier molecular flexibility index (Phi) is 7.76. The van der Waals surface area contributed by atoms with E-state index in [1.165, 1.54) is 28.6 Å². The molecular weight excluding hydrogens is 372 g/mol. The molecule has 2 N–H and O–H groups in total. The predicted molar refractivity (Wildman–Crippen MR) is 99.0 cm³/mol. The van der Waals surface area contributed by atoms with Gasteiger partial charge < -0.3 is 15.2 Å². The maximum Gasteiger partial charge on any atom is 0.337 e. The summed E-state index contributed by atoms with van der Waals surface area (Å²) in [6, 6.07) is 5.57. The van der Waals surface area contributed by atoms with Crippen molar-refractivity contribution in [3.05, 3.63) is 29.8 Å². The topological polar surface area (TPSA) is 113 Å². The first kappa shape index (κ1) is 21.3. The number of hydrogen-bond donors (Lipinski definition) is 2. The molecule has 1 fully saturated rings. The van der Waals surface area contributed by atoms with Gasteiger partial charge in [0.2, 0.25) is 15.9 Å². The quantitative estimate of drug-likeness (QED) is 0.607. The second-order valence-electron chi connectivity index (χ2n) is 6.47. The first-order valence-electron chi connectivity index (χ1n) is 8.97. The van der Waals surface area contributed by atoms with Crippen LogP contribution in [0.1, 0.15) is 36.0 Å². The van der Waals surface area contributed by atoms with Crippen molar-refractivity contribution in [1.29, 1.82) is 0 Å². The molecule has 9 heteroatoms. The highest BCUT2D eigenvalue weighted by Gasteiger charge is 2.33. The number of carboxylic acids is 1. The fourth-order valence-corrected chi connectivity index (χ4v) is 4.75. The summed E-state index contributed by atoms with van der Waals surface area (Å²) < 4.78 is 31.8. The zero-order chi connectivity index (χ0) is 19.9. The molecule has 1 aliphatic rings. The van der Waals surface area contributed by atoms with E-state index in [2.05, 4.69) is 5.32 Å². The maximum atomic E-state index is 12.8. The molecule has 0 aromatic heterocycles. The molecule has 150 valence electrons. The number of unbranched alkanes of at least 4 members (excludes halogenated alkanes) is 1. The summed E-state index contributed by atoms with van der Waals surface area (Å²) >= 11 is 0. The monoisotopic (exact) mass is 398 g/mol. The number of piperidine rings is 1. The summed E-state index contributed by atoms with van der Waals surface area (Å²) in [6.45, 7) is 1.62. The Morgan fingerprint density at radius 1 is 1.22 bits per heavy atom. The maximum absolute atomic E-state index is 12.8. The van der Waals surface area contributed by atoms with Crippen LogP contribution in [-0.2, 0) is 19.6 Å². The third-order valence-electron chi connectivity index (χ3n) is 4.63. The molecule has 1 aromatic rings. The average Bonchev–Trinajstić information content (AvgIpc) is 2.67. The van der Waals surface area contributed by atoms with Crippen LogP contribution in [0.3, 0.4) is 0 Å². The lowest BCUT2D eigenvalue weighted by Crippen LogP contribution is -2.43. The van der Waals surface area contributed by atoms with E-state index >= 15 is 0 Å². The fraction of sp³-hybridized carbons (Fsp3) is 0.556. The van der Waals surface area contributed by atoms with Crippen molar-refractivity contribution < 1.29 is 27.9 Å². The number of carboxylic acid groups (broad SMARTS) is 1. The Morgan fingerprint density at radius 3 is 2.52 bits per heavy atom. The zero-order valence-electron chi connectivity index (χ0n) is 15.4. The van der Waals surface area contributed by atoms with Crippen LogP contribution in [0.2, 0.25) is 0 Å². The molecule has 27 heavy (non-hydrogen) atoms. The molecule has 0 bridgehead atoms. The first-order chi connectivity index (χ1) is 12.9. The van der Waals surface area contributed by atoms with Gasteiger partial charge in [0.1, 0.15) is 0 Å². The van der Waals surface area contributed by atoms with Crippen LogP contribution in [0.25, 0.3) is 0 Å². The standard InChI is InChI=1S/C18H26N2O6S/c1-26-13-5-4-10-19-17(21)14-8-11-20(12-9-14)27(24,25)16-7-3-2-6-15(16)18(22)23/h2-3,6-7,14H,4-5,8-13H2,1H3,(H,19,21)(H,22,23). The minimum Gasteiger partial charge on any atom is -0.478 e. The Labute approximate surface area is 159 Å². The Hall–Kier alpha value is -1.97. The van der Waals surface area contributed by atoms with E-state index in [9.17, 15) is 23.1 Å². The summed E-state index contributed by atoms with van der Waals surface area (Å²) in [5.74, 6) is -1.57. The second-order valence-corrected chi connectivity index (χ2v) is 8.38. The molecule has 0 radical (unpaired) electrons. The molecular formula is C18H26N2O6S. The van der Waals surface area contributed by atoms with Crippen LogP contribution in [0, 0.1) is 5.92 Å². The second kappa shape index (κ2) is 9.82. The first-order valence-corrected chi connectivity index (χ1v) is 10.4. The lowest BCUT2D eigenvalue weighted by Gasteiger charge is -2.30. The molecule has 0 spiro atoms. The summed E-state index contributed by atoms with van der Waals surface area (Å²) in [4.78, 5) is 23.3. The minimum atomic E-state index is -3.91. The van der Waals surface area contributed by atoms with Gasteiger partial charge >= 0.3 is 5.97 Å². The molecule has 0 aliphatic carbocycles. The van der Waals surface area contributed by atoms with Crippen molar-refractivity contribution in [3.8, 4) is 0 Å². The van der Waals surface area contributed by atoms with Gasteiger partial charge in [0.05, 0.1) is 10.5 Å². The third kappa shape index (κ3) is 5.50. The van der Waals surface area contributed by atoms with Gasteiger partial charge in [-0.15, -0.1) is 0 Å². The van der Waals surface area contributed by atoms with Crippen LogP contribution in [0.15, 0.2) is 29.2 Å². The van der Waals surface area contributed by atoms with Gasteiger partial charge in [-0.05, 0) is 37.8 Å². The number of aromatic carboxylic acids is 1. The third-order valence-corrected chi connectivity index (χ3v) is 6.59. The number of hydrogen-bond acceptors (Lipinski definition) is 5. The number of carbonyl (C=O) groups excluding carboxylic acids is 1. The van der Waals surface area contributed by atoms with Crippen molar-refractivity contribution in [2.24, 2.45) is 5.92 Å². The van der Waals surface area contributed by atoms with E-state index in [-0.39, 0.29) is 35.4 Å².